The number of carboxylic acid groups (broad SMARTS) is 2. The zero-order valence-electron chi connectivity index (χ0n) is 9.67. The molecular formula is C10H16N2O6. The molecule has 2 amide bonds. The van der Waals surface area contributed by atoms with Gasteiger partial charge in [-0.2, -0.15) is 0 Å². The summed E-state index contributed by atoms with van der Waals surface area (Å²) in [5.41, 5.74) is 9.77. The molecule has 0 heterocycles. The van der Waals surface area contributed by atoms with E-state index in [1.54, 1.807) is 0 Å². The van der Waals surface area contributed by atoms with Crippen LogP contribution in [0.25, 0.3) is 0 Å². The highest BCUT2D eigenvalue weighted by molar-refractivity contribution is 5.82. The van der Waals surface area contributed by atoms with Crippen LogP contribution in [-0.4, -0.2) is 34.0 Å². The first-order valence-electron chi connectivity index (χ1n) is 5.26. The molecule has 0 aromatic heterocycles. The normalized spacial score (nSPS) is 13.6. The molecule has 6 N–H and O–H groups in total. The number of amides is 2. The Morgan fingerprint density at radius 3 is 1.22 bits per heavy atom. The molecule has 0 aliphatic heterocycles. The standard InChI is InChI=1S/C10H16N2O6/c11-7(13)3-5(9(15)16)1-2-6(10(17)18)4-8(12)14/h5-6H,1-4H2,(H2,11,13)(H2,12,14)(H,15,16)(H,17,18). The molecule has 0 saturated heterocycles. The minimum Gasteiger partial charge on any atom is -0.481 e. The van der Waals surface area contributed by atoms with Crippen molar-refractivity contribution in [3.63, 3.8) is 0 Å². The van der Waals surface area contributed by atoms with Crippen molar-refractivity contribution in [2.75, 3.05) is 0 Å². The van der Waals surface area contributed by atoms with Crippen molar-refractivity contribution >= 4 is 23.8 Å². The molecule has 0 fully saturated rings. The Bertz CT molecular complexity index is 320. The predicted molar refractivity (Wildman–Crippen MR) is 59.1 cm³/mol. The molecule has 0 aliphatic rings. The monoisotopic (exact) mass is 260 g/mol. The van der Waals surface area contributed by atoms with Gasteiger partial charge in [-0.1, -0.05) is 0 Å². The summed E-state index contributed by atoms with van der Waals surface area (Å²) in [6, 6.07) is 0. The summed E-state index contributed by atoms with van der Waals surface area (Å²) in [4.78, 5) is 42.9. The zero-order chi connectivity index (χ0) is 14.3. The van der Waals surface area contributed by atoms with Crippen LogP contribution in [0.15, 0.2) is 0 Å². The van der Waals surface area contributed by atoms with Crippen molar-refractivity contribution in [2.24, 2.45) is 23.3 Å². The van der Waals surface area contributed by atoms with Crippen LogP contribution in [0.4, 0.5) is 0 Å². The fourth-order valence-electron chi connectivity index (χ4n) is 1.51. The molecule has 0 spiro atoms. The number of carboxylic acids is 2. The summed E-state index contributed by atoms with van der Waals surface area (Å²) >= 11 is 0. The van der Waals surface area contributed by atoms with Gasteiger partial charge in [0.2, 0.25) is 11.8 Å². The van der Waals surface area contributed by atoms with Crippen molar-refractivity contribution in [3.8, 4) is 0 Å². The Morgan fingerprint density at radius 2 is 1.06 bits per heavy atom. The van der Waals surface area contributed by atoms with Crippen LogP contribution in [0.3, 0.4) is 0 Å². The zero-order valence-corrected chi connectivity index (χ0v) is 9.67. The highest BCUT2D eigenvalue weighted by atomic mass is 16.4. The van der Waals surface area contributed by atoms with E-state index in [2.05, 4.69) is 0 Å². The average molecular weight is 260 g/mol. The van der Waals surface area contributed by atoms with Crippen LogP contribution in [0.5, 0.6) is 0 Å². The molecular weight excluding hydrogens is 244 g/mol. The first kappa shape index (κ1) is 15.9. The van der Waals surface area contributed by atoms with Crippen molar-refractivity contribution < 1.29 is 29.4 Å². The third-order valence-electron chi connectivity index (χ3n) is 2.46. The van der Waals surface area contributed by atoms with E-state index >= 15 is 0 Å². The number of carbonyl (C=O) groups excluding carboxylic acids is 2. The summed E-state index contributed by atoms with van der Waals surface area (Å²) in [6.07, 6.45) is -0.832. The van der Waals surface area contributed by atoms with E-state index in [9.17, 15) is 19.2 Å². The first-order valence-corrected chi connectivity index (χ1v) is 5.26. The van der Waals surface area contributed by atoms with Gasteiger partial charge in [-0.15, -0.1) is 0 Å². The van der Waals surface area contributed by atoms with Crippen molar-refractivity contribution in [1.29, 1.82) is 0 Å². The van der Waals surface area contributed by atoms with Gasteiger partial charge in [0, 0.05) is 12.8 Å². The fourth-order valence-corrected chi connectivity index (χ4v) is 1.51. The van der Waals surface area contributed by atoms with Crippen LogP contribution in [0.1, 0.15) is 25.7 Å². The van der Waals surface area contributed by atoms with Crippen LogP contribution >= 0.6 is 0 Å². The van der Waals surface area contributed by atoms with Crippen LogP contribution < -0.4 is 11.5 Å². The number of rotatable bonds is 9. The van der Waals surface area contributed by atoms with E-state index < -0.39 is 35.6 Å². The van der Waals surface area contributed by atoms with E-state index in [0.29, 0.717) is 0 Å². The number of nitrogens with two attached hydrogens (primary N) is 2. The summed E-state index contributed by atoms with van der Waals surface area (Å²) in [7, 11) is 0. The molecule has 0 radical (unpaired) electrons. The van der Waals surface area contributed by atoms with Gasteiger partial charge in [0.05, 0.1) is 11.8 Å². The lowest BCUT2D eigenvalue weighted by Gasteiger charge is -2.14. The summed E-state index contributed by atoms with van der Waals surface area (Å²) in [6.45, 7) is 0. The highest BCUT2D eigenvalue weighted by Gasteiger charge is 2.25. The summed E-state index contributed by atoms with van der Waals surface area (Å²) in [5, 5.41) is 17.6. The van der Waals surface area contributed by atoms with Crippen molar-refractivity contribution in [1.82, 2.24) is 0 Å². The Morgan fingerprint density at radius 1 is 0.778 bits per heavy atom. The Balaban J connectivity index is 4.45. The summed E-state index contributed by atoms with van der Waals surface area (Å²) in [5.74, 6) is -6.09. The molecule has 2 atom stereocenters. The lowest BCUT2D eigenvalue weighted by molar-refractivity contribution is -0.146. The lowest BCUT2D eigenvalue weighted by atomic mass is 9.91. The van der Waals surface area contributed by atoms with Gasteiger partial charge in [-0.3, -0.25) is 19.2 Å². The Kier molecular flexibility index (Phi) is 6.40. The van der Waals surface area contributed by atoms with Crippen LogP contribution in [0.2, 0.25) is 0 Å². The van der Waals surface area contributed by atoms with Gasteiger partial charge in [0.15, 0.2) is 0 Å². The second kappa shape index (κ2) is 7.25. The molecule has 0 bridgehead atoms. The third kappa shape index (κ3) is 6.46. The van der Waals surface area contributed by atoms with E-state index in [-0.39, 0.29) is 25.7 Å². The average Bonchev–Trinajstić information content (AvgIpc) is 2.20. The molecule has 0 rings (SSSR count). The quantitative estimate of drug-likeness (QED) is 0.412. The molecule has 8 nitrogen and oxygen atoms in total. The van der Waals surface area contributed by atoms with Gasteiger partial charge < -0.3 is 21.7 Å². The molecule has 102 valence electrons. The maximum atomic E-state index is 10.8. The number of carbonyl (C=O) groups is 4. The van der Waals surface area contributed by atoms with Crippen molar-refractivity contribution in [2.45, 2.75) is 25.7 Å². The third-order valence-corrected chi connectivity index (χ3v) is 2.46. The minimum absolute atomic E-state index is 0.0531. The predicted octanol–water partition coefficient (Wildman–Crippen LogP) is -1.08. The smallest absolute Gasteiger partial charge is 0.307 e. The second-order valence-corrected chi connectivity index (χ2v) is 3.99. The second-order valence-electron chi connectivity index (χ2n) is 3.99. The van der Waals surface area contributed by atoms with Gasteiger partial charge in [0.1, 0.15) is 0 Å². The number of aliphatic carboxylic acids is 2. The van der Waals surface area contributed by atoms with Gasteiger partial charge in [0.25, 0.3) is 0 Å². The highest BCUT2D eigenvalue weighted by Crippen LogP contribution is 2.18. The van der Waals surface area contributed by atoms with Crippen LogP contribution in [-0.2, 0) is 19.2 Å². The molecule has 0 saturated carbocycles. The van der Waals surface area contributed by atoms with E-state index in [1.165, 1.54) is 0 Å². The lowest BCUT2D eigenvalue weighted by Crippen LogP contribution is -2.26. The van der Waals surface area contributed by atoms with Gasteiger partial charge in [-0.05, 0) is 12.8 Å². The maximum absolute atomic E-state index is 10.8. The molecule has 0 aromatic rings. The SMILES string of the molecule is NC(=O)CC(CCC(CC(N)=O)C(=O)O)C(=O)O. The van der Waals surface area contributed by atoms with Gasteiger partial charge in [-0.25, -0.2) is 0 Å². The largest absolute Gasteiger partial charge is 0.481 e. The van der Waals surface area contributed by atoms with E-state index in [0.717, 1.165) is 0 Å². The molecule has 0 aliphatic carbocycles. The summed E-state index contributed by atoms with van der Waals surface area (Å²) < 4.78 is 0. The number of primary amides is 2. The van der Waals surface area contributed by atoms with E-state index in [1.807, 2.05) is 0 Å². The number of hydrogen-bond donors (Lipinski definition) is 4. The fraction of sp³-hybridized carbons (Fsp3) is 0.600. The minimum atomic E-state index is -1.22. The van der Waals surface area contributed by atoms with Crippen molar-refractivity contribution in [3.05, 3.63) is 0 Å². The Hall–Kier alpha value is -2.12. The van der Waals surface area contributed by atoms with Gasteiger partial charge >= 0.3 is 11.9 Å². The van der Waals surface area contributed by atoms with Crippen LogP contribution in [0, 0.1) is 11.8 Å². The maximum Gasteiger partial charge on any atom is 0.307 e. The van der Waals surface area contributed by atoms with E-state index in [4.69, 9.17) is 21.7 Å². The number of hydrogen-bond acceptors (Lipinski definition) is 4. The molecule has 0 aromatic carbocycles. The molecule has 8 heteroatoms. The Labute approximate surface area is 103 Å². The molecule has 2 unspecified atom stereocenters. The first-order chi connectivity index (χ1) is 8.23. The molecule has 18 heavy (non-hydrogen) atoms. The topological polar surface area (TPSA) is 161 Å².